The Hall–Kier alpha value is -1.83. The van der Waals surface area contributed by atoms with Crippen molar-refractivity contribution in [2.24, 2.45) is 0 Å². The molecule has 0 atom stereocenters. The standard InChI is InChI=1S/C15H18N2/c1-5-7-11-12-8-9-16-14(10(3)4)15(12)17-13(11)6-2/h5-10,17H,2H2,1,3-4H3/b7-5-. The van der Waals surface area contributed by atoms with Gasteiger partial charge in [0.15, 0.2) is 0 Å². The number of nitrogens with zero attached hydrogens (tertiary/aromatic N) is 1. The van der Waals surface area contributed by atoms with E-state index in [1.807, 2.05) is 25.3 Å². The molecule has 0 aliphatic carbocycles. The average Bonchev–Trinajstić information content (AvgIpc) is 2.67. The number of hydrogen-bond acceptors (Lipinski definition) is 1. The lowest BCUT2D eigenvalue weighted by Crippen LogP contribution is -1.93. The van der Waals surface area contributed by atoms with Gasteiger partial charge in [-0.15, -0.1) is 0 Å². The number of aromatic amines is 1. The maximum atomic E-state index is 4.47. The zero-order valence-corrected chi connectivity index (χ0v) is 10.6. The van der Waals surface area contributed by atoms with Crippen molar-refractivity contribution in [2.75, 3.05) is 0 Å². The number of H-pyrrole nitrogens is 1. The van der Waals surface area contributed by atoms with E-state index in [0.29, 0.717) is 5.92 Å². The highest BCUT2D eigenvalue weighted by molar-refractivity contribution is 5.94. The van der Waals surface area contributed by atoms with Crippen molar-refractivity contribution in [1.82, 2.24) is 9.97 Å². The molecule has 2 aromatic rings. The van der Waals surface area contributed by atoms with E-state index in [0.717, 1.165) is 16.9 Å². The van der Waals surface area contributed by atoms with Crippen molar-refractivity contribution in [3.8, 4) is 0 Å². The first kappa shape index (κ1) is 11.6. The summed E-state index contributed by atoms with van der Waals surface area (Å²) >= 11 is 0. The van der Waals surface area contributed by atoms with Crippen molar-refractivity contribution in [3.63, 3.8) is 0 Å². The minimum atomic E-state index is 0.411. The number of nitrogens with one attached hydrogen (secondary N) is 1. The first-order valence-electron chi connectivity index (χ1n) is 5.94. The molecule has 0 aliphatic rings. The highest BCUT2D eigenvalue weighted by Gasteiger charge is 2.12. The molecule has 0 saturated carbocycles. The zero-order chi connectivity index (χ0) is 12.4. The van der Waals surface area contributed by atoms with Crippen LogP contribution in [0.25, 0.3) is 23.1 Å². The molecule has 88 valence electrons. The zero-order valence-electron chi connectivity index (χ0n) is 10.6. The third-order valence-electron chi connectivity index (χ3n) is 2.90. The molecule has 2 nitrogen and oxygen atoms in total. The molecular weight excluding hydrogens is 208 g/mol. The van der Waals surface area contributed by atoms with E-state index in [1.165, 1.54) is 10.9 Å². The number of rotatable bonds is 3. The van der Waals surface area contributed by atoms with Crippen molar-refractivity contribution >= 4 is 23.1 Å². The summed E-state index contributed by atoms with van der Waals surface area (Å²) in [4.78, 5) is 7.88. The van der Waals surface area contributed by atoms with Gasteiger partial charge in [-0.25, -0.2) is 0 Å². The van der Waals surface area contributed by atoms with Crippen molar-refractivity contribution < 1.29 is 0 Å². The fourth-order valence-electron chi connectivity index (χ4n) is 2.13. The molecule has 0 aromatic carbocycles. The summed E-state index contributed by atoms with van der Waals surface area (Å²) in [6, 6.07) is 2.06. The molecular formula is C15H18N2. The lowest BCUT2D eigenvalue weighted by molar-refractivity contribution is 0.831. The van der Waals surface area contributed by atoms with E-state index in [2.05, 4.69) is 42.5 Å². The summed E-state index contributed by atoms with van der Waals surface area (Å²) in [7, 11) is 0. The van der Waals surface area contributed by atoms with E-state index in [1.54, 1.807) is 0 Å². The molecule has 0 spiro atoms. The third-order valence-corrected chi connectivity index (χ3v) is 2.90. The van der Waals surface area contributed by atoms with Crippen LogP contribution in [-0.2, 0) is 0 Å². The van der Waals surface area contributed by atoms with Crippen molar-refractivity contribution in [3.05, 3.63) is 41.9 Å². The second-order valence-electron chi connectivity index (χ2n) is 4.43. The van der Waals surface area contributed by atoms with Gasteiger partial charge >= 0.3 is 0 Å². The van der Waals surface area contributed by atoms with Crippen LogP contribution in [0.15, 0.2) is 24.9 Å². The Labute approximate surface area is 102 Å². The van der Waals surface area contributed by atoms with Gasteiger partial charge in [0.1, 0.15) is 0 Å². The summed E-state index contributed by atoms with van der Waals surface area (Å²) < 4.78 is 0. The third kappa shape index (κ3) is 1.91. The first-order valence-corrected chi connectivity index (χ1v) is 5.94. The quantitative estimate of drug-likeness (QED) is 0.827. The normalized spacial score (nSPS) is 11.8. The Morgan fingerprint density at radius 2 is 2.18 bits per heavy atom. The molecule has 17 heavy (non-hydrogen) atoms. The molecule has 2 heteroatoms. The fraction of sp³-hybridized carbons (Fsp3) is 0.267. The van der Waals surface area contributed by atoms with Crippen LogP contribution in [0, 0.1) is 0 Å². The second-order valence-corrected chi connectivity index (χ2v) is 4.43. The van der Waals surface area contributed by atoms with Crippen LogP contribution in [0.2, 0.25) is 0 Å². The Morgan fingerprint density at radius 1 is 1.41 bits per heavy atom. The molecule has 0 radical (unpaired) electrons. The molecule has 0 unspecified atom stereocenters. The minimum Gasteiger partial charge on any atom is -0.353 e. The van der Waals surface area contributed by atoms with Crippen LogP contribution >= 0.6 is 0 Å². The predicted molar refractivity (Wildman–Crippen MR) is 75.0 cm³/mol. The van der Waals surface area contributed by atoms with Crippen LogP contribution in [0.3, 0.4) is 0 Å². The van der Waals surface area contributed by atoms with Crippen LogP contribution in [0.4, 0.5) is 0 Å². The molecule has 0 aliphatic heterocycles. The van der Waals surface area contributed by atoms with Crippen LogP contribution in [-0.4, -0.2) is 9.97 Å². The smallest absolute Gasteiger partial charge is 0.0686 e. The Kier molecular flexibility index (Phi) is 3.14. The van der Waals surface area contributed by atoms with Gasteiger partial charge in [0, 0.05) is 22.8 Å². The molecule has 1 N–H and O–H groups in total. The Morgan fingerprint density at radius 3 is 2.76 bits per heavy atom. The average molecular weight is 226 g/mol. The Balaban J connectivity index is 2.81. The molecule has 2 heterocycles. The summed E-state index contributed by atoms with van der Waals surface area (Å²) in [5, 5.41) is 1.22. The maximum Gasteiger partial charge on any atom is 0.0686 e. The van der Waals surface area contributed by atoms with Gasteiger partial charge in [-0.05, 0) is 25.0 Å². The predicted octanol–water partition coefficient (Wildman–Crippen LogP) is 4.36. The summed E-state index contributed by atoms with van der Waals surface area (Å²) in [6.07, 6.45) is 7.90. The van der Waals surface area contributed by atoms with Gasteiger partial charge in [0.25, 0.3) is 0 Å². The monoisotopic (exact) mass is 226 g/mol. The molecule has 0 bridgehead atoms. The second kappa shape index (κ2) is 4.58. The number of fused-ring (bicyclic) bond motifs is 1. The van der Waals surface area contributed by atoms with Crippen LogP contribution < -0.4 is 0 Å². The topological polar surface area (TPSA) is 28.7 Å². The largest absolute Gasteiger partial charge is 0.353 e. The van der Waals surface area contributed by atoms with E-state index in [4.69, 9.17) is 0 Å². The van der Waals surface area contributed by atoms with Crippen molar-refractivity contribution in [2.45, 2.75) is 26.7 Å². The van der Waals surface area contributed by atoms with Gasteiger partial charge in [-0.3, -0.25) is 4.98 Å². The number of aromatic nitrogens is 2. The van der Waals surface area contributed by atoms with Gasteiger partial charge in [-0.2, -0.15) is 0 Å². The summed E-state index contributed by atoms with van der Waals surface area (Å²) in [5.41, 5.74) is 4.50. The summed E-state index contributed by atoms with van der Waals surface area (Å²) in [6.45, 7) is 10.2. The van der Waals surface area contributed by atoms with Crippen LogP contribution in [0.1, 0.15) is 43.6 Å². The Bertz CT molecular complexity index is 574. The highest BCUT2D eigenvalue weighted by Crippen LogP contribution is 2.29. The van der Waals surface area contributed by atoms with Crippen molar-refractivity contribution in [1.29, 1.82) is 0 Å². The first-order chi connectivity index (χ1) is 8.19. The van der Waals surface area contributed by atoms with E-state index in [9.17, 15) is 0 Å². The van der Waals surface area contributed by atoms with Gasteiger partial charge in [0.05, 0.1) is 11.2 Å². The van der Waals surface area contributed by atoms with E-state index < -0.39 is 0 Å². The maximum absolute atomic E-state index is 4.47. The number of pyridine rings is 1. The van der Waals surface area contributed by atoms with E-state index >= 15 is 0 Å². The molecule has 0 fully saturated rings. The van der Waals surface area contributed by atoms with Gasteiger partial charge < -0.3 is 4.98 Å². The molecule has 2 rings (SSSR count). The molecule has 2 aromatic heterocycles. The number of hydrogen-bond donors (Lipinski definition) is 1. The van der Waals surface area contributed by atoms with Crippen LogP contribution in [0.5, 0.6) is 0 Å². The lowest BCUT2D eigenvalue weighted by Gasteiger charge is -2.04. The molecule has 0 amide bonds. The molecule has 0 saturated heterocycles. The minimum absolute atomic E-state index is 0.411. The number of allylic oxidation sites excluding steroid dienone is 1. The summed E-state index contributed by atoms with van der Waals surface area (Å²) in [5.74, 6) is 0.411. The highest BCUT2D eigenvalue weighted by atomic mass is 14.8. The van der Waals surface area contributed by atoms with Gasteiger partial charge in [0.2, 0.25) is 0 Å². The lowest BCUT2D eigenvalue weighted by atomic mass is 10.1. The fourth-order valence-corrected chi connectivity index (χ4v) is 2.13. The van der Waals surface area contributed by atoms with E-state index in [-0.39, 0.29) is 0 Å². The van der Waals surface area contributed by atoms with Gasteiger partial charge in [-0.1, -0.05) is 32.6 Å². The SMILES string of the molecule is C=Cc1[nH]c2c(C(C)C)nccc2c1/C=C\C.